The predicted molar refractivity (Wildman–Crippen MR) is 80.9 cm³/mol. The number of amides is 2. The second-order valence-corrected chi connectivity index (χ2v) is 6.55. The molecule has 0 radical (unpaired) electrons. The predicted octanol–water partition coefficient (Wildman–Crippen LogP) is 2.75. The number of carbonyl (C=O) groups is 1. The van der Waals surface area contributed by atoms with Crippen molar-refractivity contribution in [3.05, 3.63) is 22.4 Å². The molecule has 2 amide bonds. The molecule has 2 N–H and O–H groups in total. The molecule has 1 saturated heterocycles. The number of urea groups is 1. The first kappa shape index (κ1) is 18.0. The van der Waals surface area contributed by atoms with E-state index < -0.39 is 18.8 Å². The van der Waals surface area contributed by atoms with Gasteiger partial charge < -0.3 is 5.32 Å². The van der Waals surface area contributed by atoms with Gasteiger partial charge in [0.05, 0.1) is 0 Å². The van der Waals surface area contributed by atoms with E-state index >= 15 is 0 Å². The highest BCUT2D eigenvalue weighted by Gasteiger charge is 2.28. The number of hydrogen-bond donors (Lipinski definition) is 2. The van der Waals surface area contributed by atoms with Crippen molar-refractivity contribution in [1.29, 1.82) is 0 Å². The summed E-state index contributed by atoms with van der Waals surface area (Å²) in [4.78, 5) is 19.1. The Kier molecular flexibility index (Phi) is 6.67. The topological polar surface area (TPSA) is 53.6 Å². The van der Waals surface area contributed by atoms with E-state index in [1.165, 1.54) is 4.88 Å². The highest BCUT2D eigenvalue weighted by molar-refractivity contribution is 7.09. The van der Waals surface area contributed by atoms with Gasteiger partial charge in [0, 0.05) is 18.0 Å². The fourth-order valence-electron chi connectivity index (χ4n) is 2.43. The van der Waals surface area contributed by atoms with Gasteiger partial charge in [-0.1, -0.05) is 6.07 Å². The molecule has 1 aliphatic heterocycles. The summed E-state index contributed by atoms with van der Waals surface area (Å²) in [5.41, 5.74) is 1.74. The van der Waals surface area contributed by atoms with Crippen LogP contribution < -0.4 is 10.8 Å². The van der Waals surface area contributed by atoms with Crippen LogP contribution in [0.15, 0.2) is 17.5 Å². The molecule has 1 aromatic heterocycles. The maximum absolute atomic E-state index is 11.9. The van der Waals surface area contributed by atoms with Gasteiger partial charge in [-0.25, -0.2) is 10.3 Å². The van der Waals surface area contributed by atoms with E-state index in [4.69, 9.17) is 0 Å². The van der Waals surface area contributed by atoms with Crippen LogP contribution in [0.4, 0.5) is 18.0 Å². The van der Waals surface area contributed by atoms with E-state index in [0.717, 1.165) is 32.5 Å². The van der Waals surface area contributed by atoms with Gasteiger partial charge in [0.1, 0.15) is 0 Å². The van der Waals surface area contributed by atoms with Gasteiger partial charge in [0.15, 0.2) is 6.61 Å². The lowest BCUT2D eigenvalue weighted by Gasteiger charge is -2.31. The zero-order valence-corrected chi connectivity index (χ0v) is 13.4. The van der Waals surface area contributed by atoms with Gasteiger partial charge in [0.2, 0.25) is 0 Å². The molecular weight excluding hydrogens is 331 g/mol. The Balaban J connectivity index is 1.56. The molecule has 0 spiro atoms. The van der Waals surface area contributed by atoms with Crippen LogP contribution in [-0.4, -0.2) is 43.3 Å². The Hall–Kier alpha value is -1.32. The van der Waals surface area contributed by atoms with Crippen LogP contribution >= 0.6 is 11.3 Å². The molecule has 23 heavy (non-hydrogen) atoms. The lowest BCUT2D eigenvalue weighted by Crippen LogP contribution is -2.42. The molecule has 5 nitrogen and oxygen atoms in total. The van der Waals surface area contributed by atoms with Crippen molar-refractivity contribution >= 4 is 17.4 Å². The van der Waals surface area contributed by atoms with Crippen molar-refractivity contribution in [3.8, 4) is 0 Å². The first-order chi connectivity index (χ1) is 10.9. The van der Waals surface area contributed by atoms with Crippen LogP contribution in [0.5, 0.6) is 0 Å². The van der Waals surface area contributed by atoms with Gasteiger partial charge in [-0.3, -0.25) is 9.74 Å². The second kappa shape index (κ2) is 8.51. The molecule has 0 bridgehead atoms. The summed E-state index contributed by atoms with van der Waals surface area (Å²) < 4.78 is 35.6. The van der Waals surface area contributed by atoms with Gasteiger partial charge >= 0.3 is 12.2 Å². The highest BCUT2D eigenvalue weighted by atomic mass is 32.1. The first-order valence-corrected chi connectivity index (χ1v) is 8.27. The van der Waals surface area contributed by atoms with E-state index in [0.29, 0.717) is 12.5 Å². The zero-order chi connectivity index (χ0) is 16.7. The molecule has 0 saturated carbocycles. The van der Waals surface area contributed by atoms with Crippen molar-refractivity contribution in [3.63, 3.8) is 0 Å². The van der Waals surface area contributed by atoms with Crippen LogP contribution in [-0.2, 0) is 11.4 Å². The molecule has 2 rings (SSSR count). The van der Waals surface area contributed by atoms with Gasteiger partial charge in [-0.05, 0) is 43.3 Å². The summed E-state index contributed by atoms with van der Waals surface area (Å²) in [5.74, 6) is 0.336. The van der Waals surface area contributed by atoms with Gasteiger partial charge in [0.25, 0.3) is 0 Å². The largest absolute Gasteiger partial charge is 0.414 e. The van der Waals surface area contributed by atoms with Crippen molar-refractivity contribution < 1.29 is 22.8 Å². The molecule has 0 aliphatic carbocycles. The summed E-state index contributed by atoms with van der Waals surface area (Å²) in [6.07, 6.45) is -2.55. The van der Waals surface area contributed by atoms with Crippen molar-refractivity contribution in [2.75, 3.05) is 26.2 Å². The van der Waals surface area contributed by atoms with E-state index in [9.17, 15) is 18.0 Å². The molecule has 1 aliphatic rings. The minimum atomic E-state index is -4.46. The number of hydroxylamine groups is 1. The van der Waals surface area contributed by atoms with Crippen LogP contribution in [0.2, 0.25) is 0 Å². The zero-order valence-electron chi connectivity index (χ0n) is 12.6. The lowest BCUT2D eigenvalue weighted by atomic mass is 9.97. The Bertz CT molecular complexity index is 474. The third-order valence-electron chi connectivity index (χ3n) is 3.62. The van der Waals surface area contributed by atoms with Crippen molar-refractivity contribution in [1.82, 2.24) is 15.7 Å². The Labute approximate surface area is 136 Å². The summed E-state index contributed by atoms with van der Waals surface area (Å²) in [7, 11) is 0. The van der Waals surface area contributed by atoms with E-state index in [1.54, 1.807) is 16.8 Å². The van der Waals surface area contributed by atoms with Crippen molar-refractivity contribution in [2.45, 2.75) is 25.6 Å². The molecule has 0 aromatic carbocycles. The minimum Gasteiger partial charge on any atom is -0.336 e. The number of halogens is 3. The average Bonchev–Trinajstić information content (AvgIpc) is 2.98. The SMILES string of the molecule is O=C(NCC1CCN(Cc2cccs2)CC1)NOCC(F)(F)F. The number of nitrogens with one attached hydrogen (secondary N) is 2. The summed E-state index contributed by atoms with van der Waals surface area (Å²) in [6, 6.07) is 3.41. The van der Waals surface area contributed by atoms with Crippen LogP contribution in [0.3, 0.4) is 0 Å². The quantitative estimate of drug-likeness (QED) is 0.775. The van der Waals surface area contributed by atoms with Gasteiger partial charge in [-0.15, -0.1) is 11.3 Å². The molecule has 9 heteroatoms. The number of alkyl halides is 3. The first-order valence-electron chi connectivity index (χ1n) is 7.39. The number of nitrogens with zero attached hydrogens (tertiary/aromatic N) is 1. The molecule has 130 valence electrons. The molecule has 2 heterocycles. The number of piperidine rings is 1. The number of likely N-dealkylation sites (tertiary alicyclic amines) is 1. The van der Waals surface area contributed by atoms with E-state index in [2.05, 4.69) is 26.5 Å². The molecule has 0 atom stereocenters. The molecular formula is C14H20F3N3O2S. The minimum absolute atomic E-state index is 0.336. The van der Waals surface area contributed by atoms with Crippen LogP contribution in [0.1, 0.15) is 17.7 Å². The third-order valence-corrected chi connectivity index (χ3v) is 4.48. The number of rotatable bonds is 6. The van der Waals surface area contributed by atoms with E-state index in [1.807, 2.05) is 6.07 Å². The average molecular weight is 351 g/mol. The number of carbonyl (C=O) groups excluding carboxylic acids is 1. The fraction of sp³-hybridized carbons (Fsp3) is 0.643. The maximum Gasteiger partial charge on any atom is 0.414 e. The lowest BCUT2D eigenvalue weighted by molar-refractivity contribution is -0.184. The summed E-state index contributed by atoms with van der Waals surface area (Å²) in [5, 5.41) is 4.60. The van der Waals surface area contributed by atoms with Crippen LogP contribution in [0.25, 0.3) is 0 Å². The molecule has 1 fully saturated rings. The second-order valence-electron chi connectivity index (χ2n) is 5.51. The standard InChI is InChI=1S/C14H20F3N3O2S/c15-14(16,17)10-22-19-13(21)18-8-11-3-5-20(6-4-11)9-12-2-1-7-23-12/h1-2,7,11H,3-6,8-10H2,(H2,18,19,21). The summed E-state index contributed by atoms with van der Waals surface area (Å²) >= 11 is 1.74. The smallest absolute Gasteiger partial charge is 0.336 e. The molecule has 1 aromatic rings. The molecule has 0 unspecified atom stereocenters. The normalized spacial score (nSPS) is 17.2. The fourth-order valence-corrected chi connectivity index (χ4v) is 3.17. The Morgan fingerprint density at radius 2 is 2.13 bits per heavy atom. The highest BCUT2D eigenvalue weighted by Crippen LogP contribution is 2.20. The number of thiophene rings is 1. The van der Waals surface area contributed by atoms with Crippen LogP contribution in [0, 0.1) is 5.92 Å². The maximum atomic E-state index is 11.9. The van der Waals surface area contributed by atoms with Crippen molar-refractivity contribution in [2.24, 2.45) is 5.92 Å². The summed E-state index contributed by atoms with van der Waals surface area (Å²) in [6.45, 7) is 1.80. The van der Waals surface area contributed by atoms with Gasteiger partial charge in [-0.2, -0.15) is 13.2 Å². The number of hydrogen-bond acceptors (Lipinski definition) is 4. The monoisotopic (exact) mass is 351 g/mol. The Morgan fingerprint density at radius 3 is 2.74 bits per heavy atom. The Morgan fingerprint density at radius 1 is 1.39 bits per heavy atom. The van der Waals surface area contributed by atoms with E-state index in [-0.39, 0.29) is 0 Å². The third kappa shape index (κ3) is 7.19.